The molecule has 0 spiro atoms. The van der Waals surface area contributed by atoms with Crippen LogP contribution >= 0.6 is 0 Å². The van der Waals surface area contributed by atoms with E-state index in [1.165, 1.54) is 0 Å². The highest BCUT2D eigenvalue weighted by atomic mass is 19.4. The summed E-state index contributed by atoms with van der Waals surface area (Å²) >= 11 is 0. The molecule has 0 aromatic carbocycles. The highest BCUT2D eigenvalue weighted by Crippen LogP contribution is 2.41. The van der Waals surface area contributed by atoms with Crippen LogP contribution in [0.25, 0.3) is 0 Å². The minimum absolute atomic E-state index is 0.0543. The Hall–Kier alpha value is -0.810. The van der Waals surface area contributed by atoms with Crippen LogP contribution in [0.2, 0.25) is 0 Å². The lowest BCUT2D eigenvalue weighted by molar-refractivity contribution is -0.202. The summed E-state index contributed by atoms with van der Waals surface area (Å²) in [5, 5.41) is 2.90. The fourth-order valence-corrected chi connectivity index (χ4v) is 3.54. The van der Waals surface area contributed by atoms with Gasteiger partial charge in [-0.05, 0) is 38.0 Å². The number of halogens is 4. The summed E-state index contributed by atoms with van der Waals surface area (Å²) in [6, 6.07) is 0.0543. The van der Waals surface area contributed by atoms with Crippen molar-refractivity contribution in [3.63, 3.8) is 0 Å². The number of nitrogens with one attached hydrogen (secondary N) is 1. The molecule has 122 valence electrons. The zero-order valence-electron chi connectivity index (χ0n) is 12.3. The fourth-order valence-electron chi connectivity index (χ4n) is 3.54. The SMILES string of the molecule is CC1CCCCC1NC(=O)C1CCC(F)C(C(F)(F)F)C1. The predicted molar refractivity (Wildman–Crippen MR) is 71.3 cm³/mol. The molecule has 2 aliphatic rings. The molecule has 0 aromatic heterocycles. The van der Waals surface area contributed by atoms with Crippen molar-refractivity contribution in [1.82, 2.24) is 5.32 Å². The second-order valence-electron chi connectivity index (χ2n) is 6.55. The van der Waals surface area contributed by atoms with Gasteiger partial charge in [0.05, 0.1) is 5.92 Å². The summed E-state index contributed by atoms with van der Waals surface area (Å²) in [6.07, 6.45) is -2.73. The normalized spacial score (nSPS) is 38.0. The molecule has 2 fully saturated rings. The summed E-state index contributed by atoms with van der Waals surface area (Å²) in [5.74, 6) is -2.67. The van der Waals surface area contributed by atoms with Gasteiger partial charge in [0, 0.05) is 12.0 Å². The maximum absolute atomic E-state index is 13.4. The van der Waals surface area contributed by atoms with Gasteiger partial charge in [-0.25, -0.2) is 4.39 Å². The van der Waals surface area contributed by atoms with Crippen molar-refractivity contribution < 1.29 is 22.4 Å². The van der Waals surface area contributed by atoms with Gasteiger partial charge in [-0.1, -0.05) is 19.8 Å². The van der Waals surface area contributed by atoms with Gasteiger partial charge < -0.3 is 5.32 Å². The minimum atomic E-state index is -4.56. The third-order valence-electron chi connectivity index (χ3n) is 5.00. The molecule has 0 radical (unpaired) electrons. The maximum atomic E-state index is 13.4. The Bertz CT molecular complexity index is 371. The summed E-state index contributed by atoms with van der Waals surface area (Å²) in [6.45, 7) is 2.06. The molecule has 0 saturated heterocycles. The molecule has 2 aliphatic carbocycles. The van der Waals surface area contributed by atoms with Crippen LogP contribution in [0.5, 0.6) is 0 Å². The lowest BCUT2D eigenvalue weighted by atomic mass is 9.78. The van der Waals surface area contributed by atoms with E-state index >= 15 is 0 Å². The number of hydrogen-bond acceptors (Lipinski definition) is 1. The Morgan fingerprint density at radius 1 is 1.10 bits per heavy atom. The van der Waals surface area contributed by atoms with Gasteiger partial charge in [-0.15, -0.1) is 0 Å². The van der Waals surface area contributed by atoms with E-state index in [-0.39, 0.29) is 24.8 Å². The smallest absolute Gasteiger partial charge is 0.353 e. The molecule has 0 aliphatic heterocycles. The Balaban J connectivity index is 1.93. The van der Waals surface area contributed by atoms with Crippen molar-refractivity contribution in [2.24, 2.45) is 17.8 Å². The lowest BCUT2D eigenvalue weighted by Crippen LogP contribution is -2.47. The van der Waals surface area contributed by atoms with E-state index in [2.05, 4.69) is 12.2 Å². The number of carbonyl (C=O) groups excluding carboxylic acids is 1. The van der Waals surface area contributed by atoms with Crippen LogP contribution in [0.1, 0.15) is 51.9 Å². The molecule has 21 heavy (non-hydrogen) atoms. The van der Waals surface area contributed by atoms with Crippen molar-refractivity contribution in [3.8, 4) is 0 Å². The van der Waals surface area contributed by atoms with E-state index < -0.39 is 30.6 Å². The first-order chi connectivity index (χ1) is 9.79. The molecular weight excluding hydrogens is 286 g/mol. The van der Waals surface area contributed by atoms with Crippen LogP contribution in [0, 0.1) is 17.8 Å². The second-order valence-corrected chi connectivity index (χ2v) is 6.55. The number of carbonyl (C=O) groups is 1. The highest BCUT2D eigenvalue weighted by Gasteiger charge is 2.49. The molecule has 0 aromatic rings. The molecule has 0 bridgehead atoms. The van der Waals surface area contributed by atoms with Gasteiger partial charge in [-0.2, -0.15) is 13.2 Å². The van der Waals surface area contributed by atoms with E-state index in [1.54, 1.807) is 0 Å². The second kappa shape index (κ2) is 6.53. The Kier molecular flexibility index (Phi) is 5.15. The topological polar surface area (TPSA) is 29.1 Å². The Labute approximate surface area is 122 Å². The van der Waals surface area contributed by atoms with Crippen molar-refractivity contribution in [3.05, 3.63) is 0 Å². The number of rotatable bonds is 2. The molecule has 2 saturated carbocycles. The first-order valence-corrected chi connectivity index (χ1v) is 7.80. The van der Waals surface area contributed by atoms with Crippen LogP contribution in [0.4, 0.5) is 17.6 Å². The van der Waals surface area contributed by atoms with Gasteiger partial charge in [0.25, 0.3) is 0 Å². The average Bonchev–Trinajstić information content (AvgIpc) is 2.40. The van der Waals surface area contributed by atoms with Crippen LogP contribution in [0.3, 0.4) is 0 Å². The van der Waals surface area contributed by atoms with E-state index in [4.69, 9.17) is 0 Å². The van der Waals surface area contributed by atoms with Crippen molar-refractivity contribution in [2.75, 3.05) is 0 Å². The molecule has 5 atom stereocenters. The van der Waals surface area contributed by atoms with Crippen LogP contribution < -0.4 is 5.32 Å². The summed E-state index contributed by atoms with van der Waals surface area (Å²) in [4.78, 5) is 12.2. The molecule has 1 amide bonds. The van der Waals surface area contributed by atoms with Crippen LogP contribution in [-0.4, -0.2) is 24.3 Å². The number of amides is 1. The van der Waals surface area contributed by atoms with Gasteiger partial charge in [0.1, 0.15) is 6.17 Å². The van der Waals surface area contributed by atoms with E-state index in [1.807, 2.05) is 0 Å². The standard InChI is InChI=1S/C15H23F4NO/c1-9-4-2-3-5-13(9)20-14(21)10-6-7-12(16)11(8-10)15(17,18)19/h9-13H,2-8H2,1H3,(H,20,21). The first kappa shape index (κ1) is 16.6. The van der Waals surface area contributed by atoms with Crippen LogP contribution in [0.15, 0.2) is 0 Å². The number of hydrogen-bond donors (Lipinski definition) is 1. The van der Waals surface area contributed by atoms with Gasteiger partial charge in [0.2, 0.25) is 5.91 Å². The summed E-state index contributed by atoms with van der Waals surface area (Å²) < 4.78 is 51.8. The largest absolute Gasteiger partial charge is 0.394 e. The average molecular weight is 309 g/mol. The van der Waals surface area contributed by atoms with Crippen molar-refractivity contribution >= 4 is 5.91 Å². The Morgan fingerprint density at radius 3 is 2.38 bits per heavy atom. The molecule has 2 rings (SSSR count). The van der Waals surface area contributed by atoms with Gasteiger partial charge >= 0.3 is 6.18 Å². The first-order valence-electron chi connectivity index (χ1n) is 7.80. The zero-order valence-corrected chi connectivity index (χ0v) is 12.3. The van der Waals surface area contributed by atoms with Crippen LogP contribution in [-0.2, 0) is 4.79 Å². The molecule has 0 heterocycles. The third kappa shape index (κ3) is 4.10. The van der Waals surface area contributed by atoms with Crippen molar-refractivity contribution in [1.29, 1.82) is 0 Å². The molecule has 1 N–H and O–H groups in total. The Morgan fingerprint density at radius 2 is 1.76 bits per heavy atom. The quantitative estimate of drug-likeness (QED) is 0.768. The highest BCUT2D eigenvalue weighted by molar-refractivity contribution is 5.79. The summed E-state index contributed by atoms with van der Waals surface area (Å²) in [5.41, 5.74) is 0. The van der Waals surface area contributed by atoms with E-state index in [9.17, 15) is 22.4 Å². The third-order valence-corrected chi connectivity index (χ3v) is 5.00. The maximum Gasteiger partial charge on any atom is 0.394 e. The zero-order chi connectivity index (χ0) is 15.6. The minimum Gasteiger partial charge on any atom is -0.353 e. The van der Waals surface area contributed by atoms with Crippen molar-refractivity contribution in [2.45, 2.75) is 70.3 Å². The number of alkyl halides is 4. The molecule has 6 heteroatoms. The monoisotopic (exact) mass is 309 g/mol. The van der Waals surface area contributed by atoms with Gasteiger partial charge in [-0.3, -0.25) is 4.79 Å². The predicted octanol–water partition coefficient (Wildman–Crippen LogP) is 4.00. The summed E-state index contributed by atoms with van der Waals surface area (Å²) in [7, 11) is 0. The molecule has 2 nitrogen and oxygen atoms in total. The lowest BCUT2D eigenvalue weighted by Gasteiger charge is -2.35. The van der Waals surface area contributed by atoms with Gasteiger partial charge in [0.15, 0.2) is 0 Å². The molecular formula is C15H23F4NO. The molecule has 5 unspecified atom stereocenters. The van der Waals surface area contributed by atoms with E-state index in [0.29, 0.717) is 5.92 Å². The fraction of sp³-hybridized carbons (Fsp3) is 0.933. The van der Waals surface area contributed by atoms with E-state index in [0.717, 1.165) is 25.7 Å².